The van der Waals surface area contributed by atoms with Crippen LogP contribution in [0.2, 0.25) is 0 Å². The Morgan fingerprint density at radius 1 is 1.24 bits per heavy atom. The summed E-state index contributed by atoms with van der Waals surface area (Å²) in [5.74, 6) is 0.318. The summed E-state index contributed by atoms with van der Waals surface area (Å²) in [4.78, 5) is 34.0. The molecule has 0 radical (unpaired) electrons. The van der Waals surface area contributed by atoms with Crippen molar-refractivity contribution >= 4 is 34.2 Å². The number of imidazole rings is 1. The molecule has 0 saturated carbocycles. The number of fused-ring (bicyclic) bond motifs is 1. The Hall–Kier alpha value is -3.15. The first-order valence-electron chi connectivity index (χ1n) is 8.23. The van der Waals surface area contributed by atoms with Gasteiger partial charge in [-0.25, -0.2) is 4.98 Å². The molecule has 25 heavy (non-hydrogen) atoms. The molecule has 1 saturated heterocycles. The van der Waals surface area contributed by atoms with Gasteiger partial charge in [0.1, 0.15) is 5.82 Å². The average molecular weight is 334 g/mol. The standard InChI is InChI=1S/C19H18N4O2/c1-12-20-16-8-7-14(10-17(16)21-12)22-19(25)13-9-18(24)23(11-13)15-5-3-2-4-6-15/h2-8,10,13H,9,11H2,1H3,(H,20,21)(H,22,25). The Balaban J connectivity index is 1.48. The van der Waals surface area contributed by atoms with Gasteiger partial charge in [-0.15, -0.1) is 0 Å². The third kappa shape index (κ3) is 2.98. The Morgan fingerprint density at radius 3 is 2.84 bits per heavy atom. The van der Waals surface area contributed by atoms with Gasteiger partial charge in [0.2, 0.25) is 11.8 Å². The minimum absolute atomic E-state index is 0.0222. The first-order valence-corrected chi connectivity index (χ1v) is 8.23. The second kappa shape index (κ2) is 6.05. The highest BCUT2D eigenvalue weighted by molar-refractivity contribution is 6.03. The van der Waals surface area contributed by atoms with Gasteiger partial charge in [-0.1, -0.05) is 18.2 Å². The molecule has 2 amide bonds. The van der Waals surface area contributed by atoms with Crippen LogP contribution in [0.4, 0.5) is 11.4 Å². The lowest BCUT2D eigenvalue weighted by atomic mass is 10.1. The molecule has 0 spiro atoms. The van der Waals surface area contributed by atoms with E-state index in [1.54, 1.807) is 4.90 Å². The summed E-state index contributed by atoms with van der Waals surface area (Å²) in [7, 11) is 0. The minimum Gasteiger partial charge on any atom is -0.342 e. The number of carbonyl (C=O) groups excluding carboxylic acids is 2. The number of rotatable bonds is 3. The number of carbonyl (C=O) groups is 2. The number of H-pyrrole nitrogens is 1. The highest BCUT2D eigenvalue weighted by Crippen LogP contribution is 2.26. The van der Waals surface area contributed by atoms with E-state index in [-0.39, 0.29) is 24.2 Å². The highest BCUT2D eigenvalue weighted by atomic mass is 16.2. The van der Waals surface area contributed by atoms with Crippen molar-refractivity contribution in [1.82, 2.24) is 9.97 Å². The maximum absolute atomic E-state index is 12.6. The number of benzene rings is 2. The van der Waals surface area contributed by atoms with Crippen molar-refractivity contribution in [3.63, 3.8) is 0 Å². The zero-order valence-electron chi connectivity index (χ0n) is 13.8. The van der Waals surface area contributed by atoms with E-state index in [9.17, 15) is 9.59 Å². The third-order valence-electron chi connectivity index (χ3n) is 4.43. The van der Waals surface area contributed by atoms with Crippen LogP contribution in [0, 0.1) is 12.8 Å². The Morgan fingerprint density at radius 2 is 2.04 bits per heavy atom. The Kier molecular flexibility index (Phi) is 3.72. The number of nitrogens with zero attached hydrogens (tertiary/aromatic N) is 2. The van der Waals surface area contributed by atoms with Crippen LogP contribution in [-0.4, -0.2) is 28.3 Å². The molecule has 6 nitrogen and oxygen atoms in total. The monoisotopic (exact) mass is 334 g/mol. The molecule has 4 rings (SSSR count). The van der Waals surface area contributed by atoms with E-state index in [0.717, 1.165) is 22.5 Å². The van der Waals surface area contributed by atoms with Crippen molar-refractivity contribution in [2.24, 2.45) is 5.92 Å². The summed E-state index contributed by atoms with van der Waals surface area (Å²) in [6.07, 6.45) is 0.228. The summed E-state index contributed by atoms with van der Waals surface area (Å²) in [6, 6.07) is 15.0. The van der Waals surface area contributed by atoms with E-state index < -0.39 is 0 Å². The number of aryl methyl sites for hydroxylation is 1. The van der Waals surface area contributed by atoms with Crippen molar-refractivity contribution in [3.8, 4) is 0 Å². The van der Waals surface area contributed by atoms with Crippen molar-refractivity contribution in [3.05, 3.63) is 54.4 Å². The molecule has 1 atom stereocenters. The predicted molar refractivity (Wildman–Crippen MR) is 96.4 cm³/mol. The van der Waals surface area contributed by atoms with E-state index in [1.807, 2.05) is 55.5 Å². The van der Waals surface area contributed by atoms with Crippen molar-refractivity contribution < 1.29 is 9.59 Å². The average Bonchev–Trinajstić information content (AvgIpc) is 3.17. The van der Waals surface area contributed by atoms with E-state index >= 15 is 0 Å². The van der Waals surface area contributed by atoms with Crippen molar-refractivity contribution in [1.29, 1.82) is 0 Å². The summed E-state index contributed by atoms with van der Waals surface area (Å²) < 4.78 is 0. The van der Waals surface area contributed by atoms with Crippen LogP contribution in [0.25, 0.3) is 11.0 Å². The number of anilines is 2. The number of hydrogen-bond donors (Lipinski definition) is 2. The molecule has 1 aliphatic heterocycles. The van der Waals surface area contributed by atoms with Crippen LogP contribution in [0.3, 0.4) is 0 Å². The van der Waals surface area contributed by atoms with Crippen LogP contribution in [-0.2, 0) is 9.59 Å². The number of amides is 2. The predicted octanol–water partition coefficient (Wildman–Crippen LogP) is 2.86. The van der Waals surface area contributed by atoms with Crippen LogP contribution < -0.4 is 10.2 Å². The molecule has 3 aromatic rings. The van der Waals surface area contributed by atoms with Crippen LogP contribution >= 0.6 is 0 Å². The Bertz CT molecular complexity index is 948. The van der Waals surface area contributed by atoms with Gasteiger partial charge < -0.3 is 15.2 Å². The molecule has 1 fully saturated rings. The van der Waals surface area contributed by atoms with Gasteiger partial charge in [-0.05, 0) is 37.3 Å². The number of nitrogens with one attached hydrogen (secondary N) is 2. The Labute approximate surface area is 144 Å². The topological polar surface area (TPSA) is 78.1 Å². The fourth-order valence-corrected chi connectivity index (χ4v) is 3.20. The van der Waals surface area contributed by atoms with Gasteiger partial charge in [0.15, 0.2) is 0 Å². The molecule has 2 heterocycles. The molecular weight excluding hydrogens is 316 g/mol. The zero-order valence-corrected chi connectivity index (χ0v) is 13.8. The fraction of sp³-hybridized carbons (Fsp3) is 0.211. The molecule has 1 aliphatic rings. The number of hydrogen-bond acceptors (Lipinski definition) is 3. The van der Waals surface area contributed by atoms with E-state index in [2.05, 4.69) is 15.3 Å². The number of aromatic nitrogens is 2. The minimum atomic E-state index is -0.355. The normalized spacial score (nSPS) is 17.2. The second-order valence-corrected chi connectivity index (χ2v) is 6.28. The summed E-state index contributed by atoms with van der Waals surface area (Å²) in [6.45, 7) is 2.29. The van der Waals surface area contributed by atoms with Gasteiger partial charge >= 0.3 is 0 Å². The zero-order chi connectivity index (χ0) is 17.4. The largest absolute Gasteiger partial charge is 0.342 e. The van der Waals surface area contributed by atoms with E-state index in [4.69, 9.17) is 0 Å². The first kappa shape index (κ1) is 15.4. The number of aromatic amines is 1. The molecular formula is C19H18N4O2. The van der Waals surface area contributed by atoms with Gasteiger partial charge in [0, 0.05) is 24.3 Å². The maximum Gasteiger partial charge on any atom is 0.229 e. The summed E-state index contributed by atoms with van der Waals surface area (Å²) in [5, 5.41) is 2.91. The SMILES string of the molecule is Cc1nc2ccc(NC(=O)C3CC(=O)N(c4ccccc4)C3)cc2[nH]1. The summed E-state index contributed by atoms with van der Waals surface area (Å²) >= 11 is 0. The quantitative estimate of drug-likeness (QED) is 0.773. The lowest BCUT2D eigenvalue weighted by Crippen LogP contribution is -2.28. The van der Waals surface area contributed by atoms with Crippen LogP contribution in [0.1, 0.15) is 12.2 Å². The summed E-state index contributed by atoms with van der Waals surface area (Å²) in [5.41, 5.74) is 3.27. The highest BCUT2D eigenvalue weighted by Gasteiger charge is 2.35. The smallest absolute Gasteiger partial charge is 0.229 e. The second-order valence-electron chi connectivity index (χ2n) is 6.28. The lowest BCUT2D eigenvalue weighted by Gasteiger charge is -2.16. The fourth-order valence-electron chi connectivity index (χ4n) is 3.20. The third-order valence-corrected chi connectivity index (χ3v) is 4.43. The van der Waals surface area contributed by atoms with Crippen LogP contribution in [0.5, 0.6) is 0 Å². The van der Waals surface area contributed by atoms with Crippen molar-refractivity contribution in [2.45, 2.75) is 13.3 Å². The molecule has 0 bridgehead atoms. The maximum atomic E-state index is 12.6. The van der Waals surface area contributed by atoms with E-state index in [0.29, 0.717) is 12.2 Å². The molecule has 2 aromatic carbocycles. The molecule has 126 valence electrons. The first-order chi connectivity index (χ1) is 12.1. The molecule has 0 aliphatic carbocycles. The van der Waals surface area contributed by atoms with E-state index in [1.165, 1.54) is 0 Å². The molecule has 1 aromatic heterocycles. The van der Waals surface area contributed by atoms with Gasteiger partial charge in [-0.2, -0.15) is 0 Å². The molecule has 6 heteroatoms. The van der Waals surface area contributed by atoms with Gasteiger partial charge in [0.25, 0.3) is 0 Å². The van der Waals surface area contributed by atoms with Crippen LogP contribution in [0.15, 0.2) is 48.5 Å². The molecule has 2 N–H and O–H groups in total. The van der Waals surface area contributed by atoms with Gasteiger partial charge in [0.05, 0.1) is 17.0 Å². The lowest BCUT2D eigenvalue weighted by molar-refractivity contribution is -0.122. The van der Waals surface area contributed by atoms with Gasteiger partial charge in [-0.3, -0.25) is 9.59 Å². The number of para-hydroxylation sites is 1. The molecule has 1 unspecified atom stereocenters. The van der Waals surface area contributed by atoms with Crippen molar-refractivity contribution in [2.75, 3.05) is 16.8 Å².